The highest BCUT2D eigenvalue weighted by molar-refractivity contribution is 7.09. The van der Waals surface area contributed by atoms with E-state index in [1.807, 2.05) is 0 Å². The Kier molecular flexibility index (Phi) is 4.44. The Morgan fingerprint density at radius 2 is 2.20 bits per heavy atom. The fourth-order valence-corrected chi connectivity index (χ4v) is 2.30. The van der Waals surface area contributed by atoms with Crippen molar-refractivity contribution < 1.29 is 14.7 Å². The van der Waals surface area contributed by atoms with E-state index in [4.69, 9.17) is 10.8 Å². The lowest BCUT2D eigenvalue weighted by atomic mass is 10.2. The number of carboxylic acid groups (broad SMARTS) is 1. The molecule has 4 N–H and O–H groups in total. The van der Waals surface area contributed by atoms with Gasteiger partial charge in [-0.05, 0) is 18.2 Å². The molecular formula is C13H13N3O3S. The second-order valence-electron chi connectivity index (χ2n) is 4.05. The maximum absolute atomic E-state index is 11.8. The fraction of sp³-hybridized carbons (Fsp3) is 0.154. The molecule has 20 heavy (non-hydrogen) atoms. The molecule has 6 nitrogen and oxygen atoms in total. The van der Waals surface area contributed by atoms with Crippen molar-refractivity contribution in [1.29, 1.82) is 0 Å². The summed E-state index contributed by atoms with van der Waals surface area (Å²) in [5, 5.41) is 14.1. The third kappa shape index (κ3) is 3.62. The molecule has 0 bridgehead atoms. The smallest absolute Gasteiger partial charge is 0.335 e. The molecule has 1 aromatic heterocycles. The van der Waals surface area contributed by atoms with Gasteiger partial charge in [0.2, 0.25) is 5.91 Å². The van der Waals surface area contributed by atoms with Gasteiger partial charge in [-0.2, -0.15) is 0 Å². The number of carbonyl (C=O) groups excluding carboxylic acids is 1. The Bertz CT molecular complexity index is 639. The highest BCUT2D eigenvalue weighted by atomic mass is 32.1. The first-order valence-corrected chi connectivity index (χ1v) is 6.73. The molecule has 1 heterocycles. The molecule has 0 fully saturated rings. The van der Waals surface area contributed by atoms with Crippen molar-refractivity contribution >= 4 is 28.9 Å². The lowest BCUT2D eigenvalue weighted by Crippen LogP contribution is -2.15. The lowest BCUT2D eigenvalue weighted by molar-refractivity contribution is -0.115. The number of anilines is 1. The number of benzene rings is 1. The van der Waals surface area contributed by atoms with Crippen molar-refractivity contribution in [2.24, 2.45) is 5.73 Å². The minimum Gasteiger partial charge on any atom is -0.478 e. The molecule has 2 aromatic rings. The van der Waals surface area contributed by atoms with E-state index in [2.05, 4.69) is 10.3 Å². The molecule has 1 aromatic carbocycles. The van der Waals surface area contributed by atoms with Crippen LogP contribution in [0, 0.1) is 0 Å². The van der Waals surface area contributed by atoms with Crippen molar-refractivity contribution in [2.75, 3.05) is 5.32 Å². The lowest BCUT2D eigenvalue weighted by Gasteiger charge is -2.04. The number of rotatable bonds is 5. The van der Waals surface area contributed by atoms with E-state index in [0.29, 0.717) is 17.9 Å². The maximum Gasteiger partial charge on any atom is 0.335 e. The third-order valence-electron chi connectivity index (χ3n) is 2.51. The summed E-state index contributed by atoms with van der Waals surface area (Å²) in [4.78, 5) is 26.9. The summed E-state index contributed by atoms with van der Waals surface area (Å²) >= 11 is 1.41. The molecule has 104 valence electrons. The number of hydrogen-bond donors (Lipinski definition) is 3. The largest absolute Gasteiger partial charge is 0.478 e. The molecular weight excluding hydrogens is 278 g/mol. The molecule has 0 saturated heterocycles. The normalized spacial score (nSPS) is 10.2. The van der Waals surface area contributed by atoms with Gasteiger partial charge < -0.3 is 16.2 Å². The predicted octanol–water partition coefficient (Wildman–Crippen LogP) is 1.48. The number of carbonyl (C=O) groups is 2. The molecule has 2 rings (SSSR count). The SMILES string of the molecule is NCc1nc(CC(=O)Nc2cccc(C(=O)O)c2)cs1. The molecule has 0 aliphatic heterocycles. The van der Waals surface area contributed by atoms with Crippen LogP contribution in [0.25, 0.3) is 0 Å². The van der Waals surface area contributed by atoms with Gasteiger partial charge in [-0.1, -0.05) is 6.07 Å². The van der Waals surface area contributed by atoms with E-state index in [-0.39, 0.29) is 17.9 Å². The quantitative estimate of drug-likeness (QED) is 0.773. The second-order valence-corrected chi connectivity index (χ2v) is 4.99. The second kappa shape index (κ2) is 6.27. The first-order valence-electron chi connectivity index (χ1n) is 5.85. The zero-order valence-corrected chi connectivity index (χ0v) is 11.3. The average molecular weight is 291 g/mol. The highest BCUT2D eigenvalue weighted by Gasteiger charge is 2.09. The van der Waals surface area contributed by atoms with Crippen LogP contribution in [-0.2, 0) is 17.8 Å². The van der Waals surface area contributed by atoms with Crippen LogP contribution < -0.4 is 11.1 Å². The van der Waals surface area contributed by atoms with Crippen LogP contribution in [0.1, 0.15) is 21.1 Å². The van der Waals surface area contributed by atoms with Gasteiger partial charge in [0, 0.05) is 17.6 Å². The zero-order chi connectivity index (χ0) is 14.5. The summed E-state index contributed by atoms with van der Waals surface area (Å²) in [6.45, 7) is 0.354. The number of nitrogens with one attached hydrogen (secondary N) is 1. The standard InChI is InChI=1S/C13H13N3O3S/c14-6-12-16-10(7-20-12)5-11(17)15-9-3-1-2-8(4-9)13(18)19/h1-4,7H,5-6,14H2,(H,15,17)(H,18,19). The summed E-state index contributed by atoms with van der Waals surface area (Å²) in [5.41, 5.74) is 6.68. The van der Waals surface area contributed by atoms with Crippen LogP contribution in [-0.4, -0.2) is 22.0 Å². The summed E-state index contributed by atoms with van der Waals surface area (Å²) in [6, 6.07) is 6.09. The molecule has 0 atom stereocenters. The van der Waals surface area contributed by atoms with Crippen molar-refractivity contribution in [1.82, 2.24) is 4.98 Å². The van der Waals surface area contributed by atoms with E-state index in [0.717, 1.165) is 5.01 Å². The van der Waals surface area contributed by atoms with Gasteiger partial charge in [-0.25, -0.2) is 9.78 Å². The van der Waals surface area contributed by atoms with Crippen LogP contribution in [0.2, 0.25) is 0 Å². The first kappa shape index (κ1) is 14.2. The number of amides is 1. The Hall–Kier alpha value is -2.25. The maximum atomic E-state index is 11.8. The van der Waals surface area contributed by atoms with Crippen LogP contribution in [0.3, 0.4) is 0 Å². The summed E-state index contributed by atoms with van der Waals surface area (Å²) in [7, 11) is 0. The van der Waals surface area contributed by atoms with Gasteiger partial charge in [0.25, 0.3) is 0 Å². The topological polar surface area (TPSA) is 105 Å². The van der Waals surface area contributed by atoms with Crippen molar-refractivity contribution in [3.05, 3.63) is 45.9 Å². The third-order valence-corrected chi connectivity index (χ3v) is 3.43. The van der Waals surface area contributed by atoms with Crippen molar-refractivity contribution in [2.45, 2.75) is 13.0 Å². The molecule has 0 spiro atoms. The number of carboxylic acids is 1. The number of hydrogen-bond acceptors (Lipinski definition) is 5. The molecule has 0 aliphatic rings. The minimum atomic E-state index is -1.03. The Morgan fingerprint density at radius 1 is 1.40 bits per heavy atom. The molecule has 0 radical (unpaired) electrons. The number of thiazole rings is 1. The number of aromatic carboxylic acids is 1. The fourth-order valence-electron chi connectivity index (χ4n) is 1.62. The van der Waals surface area contributed by atoms with Gasteiger partial charge in [0.15, 0.2) is 0 Å². The number of aromatic nitrogens is 1. The van der Waals surface area contributed by atoms with E-state index in [1.165, 1.54) is 23.5 Å². The van der Waals surface area contributed by atoms with Gasteiger partial charge in [0.05, 0.1) is 17.7 Å². The van der Waals surface area contributed by atoms with Gasteiger partial charge >= 0.3 is 5.97 Å². The van der Waals surface area contributed by atoms with Crippen molar-refractivity contribution in [3.63, 3.8) is 0 Å². The van der Waals surface area contributed by atoms with Gasteiger partial charge in [0.1, 0.15) is 5.01 Å². The minimum absolute atomic E-state index is 0.127. The van der Waals surface area contributed by atoms with Crippen LogP contribution >= 0.6 is 11.3 Å². The Balaban J connectivity index is 2.00. The van der Waals surface area contributed by atoms with Crippen LogP contribution in [0.4, 0.5) is 5.69 Å². The molecule has 1 amide bonds. The van der Waals surface area contributed by atoms with Gasteiger partial charge in [-0.3, -0.25) is 4.79 Å². The average Bonchev–Trinajstić information content (AvgIpc) is 2.86. The first-order chi connectivity index (χ1) is 9.58. The highest BCUT2D eigenvalue weighted by Crippen LogP contribution is 2.13. The van der Waals surface area contributed by atoms with E-state index < -0.39 is 5.97 Å². The zero-order valence-electron chi connectivity index (χ0n) is 10.5. The summed E-state index contributed by atoms with van der Waals surface area (Å²) in [5.74, 6) is -1.28. The van der Waals surface area contributed by atoms with Crippen LogP contribution in [0.15, 0.2) is 29.6 Å². The summed E-state index contributed by atoms with van der Waals surface area (Å²) < 4.78 is 0. The predicted molar refractivity (Wildman–Crippen MR) is 75.7 cm³/mol. The number of nitrogens with two attached hydrogens (primary N) is 1. The van der Waals surface area contributed by atoms with Crippen LogP contribution in [0.5, 0.6) is 0 Å². The van der Waals surface area contributed by atoms with E-state index in [1.54, 1.807) is 17.5 Å². The number of nitrogens with zero attached hydrogens (tertiary/aromatic N) is 1. The molecule has 0 aliphatic carbocycles. The van der Waals surface area contributed by atoms with E-state index >= 15 is 0 Å². The Morgan fingerprint density at radius 3 is 2.85 bits per heavy atom. The van der Waals surface area contributed by atoms with E-state index in [9.17, 15) is 9.59 Å². The summed E-state index contributed by atoms with van der Waals surface area (Å²) in [6.07, 6.45) is 0.133. The van der Waals surface area contributed by atoms with Gasteiger partial charge in [-0.15, -0.1) is 11.3 Å². The van der Waals surface area contributed by atoms with Crippen molar-refractivity contribution in [3.8, 4) is 0 Å². The molecule has 0 saturated carbocycles. The Labute approximate surface area is 119 Å². The monoisotopic (exact) mass is 291 g/mol. The molecule has 7 heteroatoms. The molecule has 0 unspecified atom stereocenters.